The van der Waals surface area contributed by atoms with Crippen molar-refractivity contribution in [3.05, 3.63) is 28.7 Å². The lowest BCUT2D eigenvalue weighted by atomic mass is 10.0. The van der Waals surface area contributed by atoms with Crippen molar-refractivity contribution in [2.24, 2.45) is 0 Å². The lowest BCUT2D eigenvalue weighted by molar-refractivity contribution is 0.453. The third kappa shape index (κ3) is 3.77. The molecule has 0 amide bonds. The van der Waals surface area contributed by atoms with Crippen molar-refractivity contribution >= 4 is 41.9 Å². The Labute approximate surface area is 119 Å². The number of rotatable bonds is 4. The molecule has 0 bridgehead atoms. The molecular weight excluding hydrogens is 370 g/mol. The minimum atomic E-state index is -3.52. The number of halogens is 2. The summed E-state index contributed by atoms with van der Waals surface area (Å²) in [6.07, 6.45) is 0. The second kappa shape index (κ2) is 5.38. The average Bonchev–Trinajstić information content (AvgIpc) is 2.16. The molecule has 6 heteroatoms. The number of hydrogen-bond acceptors (Lipinski definition) is 2. The van der Waals surface area contributed by atoms with Crippen LogP contribution in [0.15, 0.2) is 33.6 Å². The SMILES string of the molecule is CC(Br)C(C)(C)NS(=O)(=O)c1ccccc1Br. The topological polar surface area (TPSA) is 46.2 Å². The van der Waals surface area contributed by atoms with Crippen molar-refractivity contribution in [2.45, 2.75) is 36.0 Å². The lowest BCUT2D eigenvalue weighted by Crippen LogP contribution is -2.48. The van der Waals surface area contributed by atoms with Crippen LogP contribution < -0.4 is 4.72 Å². The van der Waals surface area contributed by atoms with Crippen LogP contribution in [0.1, 0.15) is 20.8 Å². The fraction of sp³-hybridized carbons (Fsp3) is 0.455. The zero-order chi connectivity index (χ0) is 13.3. The van der Waals surface area contributed by atoms with Crippen LogP contribution in [0.25, 0.3) is 0 Å². The Bertz CT molecular complexity index is 498. The van der Waals surface area contributed by atoms with Gasteiger partial charge in [0.1, 0.15) is 0 Å². The van der Waals surface area contributed by atoms with Crippen LogP contribution in [0.3, 0.4) is 0 Å². The summed E-state index contributed by atoms with van der Waals surface area (Å²) in [6, 6.07) is 6.76. The van der Waals surface area contributed by atoms with Gasteiger partial charge in [-0.05, 0) is 41.9 Å². The first-order chi connectivity index (χ1) is 7.67. The van der Waals surface area contributed by atoms with Gasteiger partial charge in [-0.1, -0.05) is 35.0 Å². The molecule has 17 heavy (non-hydrogen) atoms. The Kier molecular flexibility index (Phi) is 4.80. The molecule has 1 aromatic carbocycles. The Hall–Kier alpha value is 0.0900. The summed E-state index contributed by atoms with van der Waals surface area (Å²) in [4.78, 5) is 0.272. The monoisotopic (exact) mass is 383 g/mol. The first kappa shape index (κ1) is 15.1. The predicted molar refractivity (Wildman–Crippen MR) is 76.9 cm³/mol. The third-order valence-electron chi connectivity index (χ3n) is 2.52. The number of sulfonamides is 1. The van der Waals surface area contributed by atoms with E-state index in [0.29, 0.717) is 4.47 Å². The van der Waals surface area contributed by atoms with Gasteiger partial charge in [0.05, 0.1) is 4.90 Å². The highest BCUT2D eigenvalue weighted by atomic mass is 79.9. The number of benzene rings is 1. The fourth-order valence-corrected chi connectivity index (χ4v) is 3.90. The van der Waals surface area contributed by atoms with Gasteiger partial charge in [0.25, 0.3) is 0 Å². The van der Waals surface area contributed by atoms with E-state index >= 15 is 0 Å². The summed E-state index contributed by atoms with van der Waals surface area (Å²) in [5.41, 5.74) is -0.561. The van der Waals surface area contributed by atoms with Gasteiger partial charge in [0.2, 0.25) is 10.0 Å². The minimum absolute atomic E-state index is 0.0206. The summed E-state index contributed by atoms with van der Waals surface area (Å²) >= 11 is 6.65. The van der Waals surface area contributed by atoms with Crippen molar-refractivity contribution < 1.29 is 8.42 Å². The maximum absolute atomic E-state index is 12.2. The second-order valence-electron chi connectivity index (χ2n) is 4.37. The minimum Gasteiger partial charge on any atom is -0.207 e. The molecule has 0 aliphatic carbocycles. The van der Waals surface area contributed by atoms with E-state index in [2.05, 4.69) is 36.6 Å². The van der Waals surface area contributed by atoms with Crippen LogP contribution in [0.4, 0.5) is 0 Å². The fourth-order valence-electron chi connectivity index (χ4n) is 1.15. The van der Waals surface area contributed by atoms with Crippen molar-refractivity contribution in [2.75, 3.05) is 0 Å². The van der Waals surface area contributed by atoms with E-state index in [-0.39, 0.29) is 9.72 Å². The zero-order valence-corrected chi connectivity index (χ0v) is 13.9. The Morgan fingerprint density at radius 2 is 1.82 bits per heavy atom. The molecule has 1 N–H and O–H groups in total. The van der Waals surface area contributed by atoms with E-state index in [4.69, 9.17) is 0 Å². The summed E-state index contributed by atoms with van der Waals surface area (Å²) < 4.78 is 27.7. The first-order valence-corrected chi connectivity index (χ1v) is 8.28. The summed E-state index contributed by atoms with van der Waals surface area (Å²) in [5, 5.41) is 0. The van der Waals surface area contributed by atoms with Gasteiger partial charge in [-0.3, -0.25) is 0 Å². The van der Waals surface area contributed by atoms with Crippen LogP contribution in [0.5, 0.6) is 0 Å². The van der Waals surface area contributed by atoms with Crippen molar-refractivity contribution in [3.63, 3.8) is 0 Å². The third-order valence-corrected chi connectivity index (χ3v) is 6.35. The van der Waals surface area contributed by atoms with E-state index in [9.17, 15) is 8.42 Å². The Morgan fingerprint density at radius 3 is 2.29 bits per heavy atom. The molecule has 0 aliphatic heterocycles. The van der Waals surface area contributed by atoms with E-state index in [1.165, 1.54) is 0 Å². The number of alkyl halides is 1. The van der Waals surface area contributed by atoms with E-state index < -0.39 is 15.6 Å². The summed E-state index contributed by atoms with van der Waals surface area (Å²) in [6.45, 7) is 5.57. The normalized spacial score (nSPS) is 14.6. The molecule has 0 heterocycles. The highest BCUT2D eigenvalue weighted by Crippen LogP contribution is 2.24. The Balaban J connectivity index is 3.11. The molecule has 1 atom stereocenters. The lowest BCUT2D eigenvalue weighted by Gasteiger charge is -2.29. The summed E-state index contributed by atoms with van der Waals surface area (Å²) in [5.74, 6) is 0. The highest BCUT2D eigenvalue weighted by Gasteiger charge is 2.30. The molecule has 1 aromatic rings. The van der Waals surface area contributed by atoms with Crippen LogP contribution >= 0.6 is 31.9 Å². The maximum atomic E-state index is 12.2. The molecule has 0 radical (unpaired) electrons. The van der Waals surface area contributed by atoms with Crippen LogP contribution in [-0.2, 0) is 10.0 Å². The molecule has 3 nitrogen and oxygen atoms in total. The molecule has 0 fully saturated rings. The van der Waals surface area contributed by atoms with Gasteiger partial charge < -0.3 is 0 Å². The van der Waals surface area contributed by atoms with Gasteiger partial charge in [-0.25, -0.2) is 13.1 Å². The van der Waals surface area contributed by atoms with Gasteiger partial charge in [-0.2, -0.15) is 0 Å². The molecule has 1 rings (SSSR count). The van der Waals surface area contributed by atoms with E-state index in [0.717, 1.165) is 0 Å². The smallest absolute Gasteiger partial charge is 0.207 e. The van der Waals surface area contributed by atoms with Crippen molar-refractivity contribution in [1.82, 2.24) is 4.72 Å². The average molecular weight is 385 g/mol. The van der Waals surface area contributed by atoms with Gasteiger partial charge >= 0.3 is 0 Å². The first-order valence-electron chi connectivity index (χ1n) is 5.09. The van der Waals surface area contributed by atoms with Gasteiger partial charge in [-0.15, -0.1) is 0 Å². The maximum Gasteiger partial charge on any atom is 0.242 e. The summed E-state index contributed by atoms with van der Waals surface area (Å²) in [7, 11) is -3.52. The van der Waals surface area contributed by atoms with Gasteiger partial charge in [0, 0.05) is 14.8 Å². The zero-order valence-electron chi connectivity index (χ0n) is 9.87. The molecule has 0 spiro atoms. The molecule has 1 unspecified atom stereocenters. The second-order valence-corrected chi connectivity index (χ2v) is 8.25. The molecule has 0 saturated carbocycles. The highest BCUT2D eigenvalue weighted by molar-refractivity contribution is 9.10. The number of hydrogen-bond donors (Lipinski definition) is 1. The van der Waals surface area contributed by atoms with Crippen LogP contribution in [0, 0.1) is 0 Å². The largest absolute Gasteiger partial charge is 0.242 e. The molecule has 0 aliphatic rings. The molecule has 0 saturated heterocycles. The predicted octanol–water partition coefficient (Wildman–Crippen LogP) is 3.29. The molecular formula is C11H15Br2NO2S. The standard InChI is InChI=1S/C11H15Br2NO2S/c1-8(12)11(2,3)14-17(15,16)10-7-5-4-6-9(10)13/h4-8,14H,1-3H3. The van der Waals surface area contributed by atoms with Crippen LogP contribution in [-0.4, -0.2) is 18.8 Å². The Morgan fingerprint density at radius 1 is 1.29 bits per heavy atom. The van der Waals surface area contributed by atoms with E-state index in [1.807, 2.05) is 20.8 Å². The van der Waals surface area contributed by atoms with E-state index in [1.54, 1.807) is 24.3 Å². The van der Waals surface area contributed by atoms with Crippen molar-refractivity contribution in [1.29, 1.82) is 0 Å². The van der Waals surface area contributed by atoms with Gasteiger partial charge in [0.15, 0.2) is 0 Å². The van der Waals surface area contributed by atoms with Crippen LogP contribution in [0.2, 0.25) is 0 Å². The number of nitrogens with one attached hydrogen (secondary N) is 1. The quantitative estimate of drug-likeness (QED) is 0.809. The molecule has 0 aromatic heterocycles. The van der Waals surface area contributed by atoms with Crippen molar-refractivity contribution in [3.8, 4) is 0 Å². The molecule has 96 valence electrons.